The first-order chi connectivity index (χ1) is 8.24. The average Bonchev–Trinajstić information content (AvgIpc) is 2.26. The highest BCUT2D eigenvalue weighted by Crippen LogP contribution is 2.28. The molecule has 0 unspecified atom stereocenters. The molecule has 1 amide bonds. The van der Waals surface area contributed by atoms with E-state index in [1.807, 2.05) is 13.8 Å². The Hall–Kier alpha value is -1.10. The summed E-state index contributed by atoms with van der Waals surface area (Å²) >= 11 is 0. The first-order valence-electron chi connectivity index (χ1n) is 6.38. The number of hydrogen-bond donors (Lipinski definition) is 1. The molecule has 0 radical (unpaired) electrons. The van der Waals surface area contributed by atoms with Crippen molar-refractivity contribution in [2.75, 3.05) is 19.7 Å². The summed E-state index contributed by atoms with van der Waals surface area (Å²) in [6.07, 6.45) is -0.0986. The quantitative estimate of drug-likeness (QED) is 0.826. The Kier molecular flexibility index (Phi) is 4.73. The van der Waals surface area contributed by atoms with Crippen LogP contribution in [0.1, 0.15) is 34.1 Å². The lowest BCUT2D eigenvalue weighted by atomic mass is 9.82. The smallest absolute Gasteiger partial charge is 0.334 e. The van der Waals surface area contributed by atoms with E-state index in [4.69, 9.17) is 9.84 Å². The van der Waals surface area contributed by atoms with Crippen molar-refractivity contribution in [1.29, 1.82) is 0 Å². The predicted octanol–water partition coefficient (Wildman–Crippen LogP) is 1.37. The van der Waals surface area contributed by atoms with E-state index in [2.05, 4.69) is 13.8 Å². The minimum absolute atomic E-state index is 0.0192. The number of morpholine rings is 1. The Morgan fingerprint density at radius 3 is 2.56 bits per heavy atom. The second-order valence-electron chi connectivity index (χ2n) is 5.93. The molecule has 1 rings (SSSR count). The van der Waals surface area contributed by atoms with Crippen LogP contribution in [-0.4, -0.2) is 47.7 Å². The van der Waals surface area contributed by atoms with Crippen molar-refractivity contribution in [2.45, 2.75) is 40.2 Å². The Labute approximate surface area is 108 Å². The molecule has 1 aliphatic heterocycles. The summed E-state index contributed by atoms with van der Waals surface area (Å²) in [5.74, 6) is -0.555. The maximum absolute atomic E-state index is 12.4. The number of nitrogens with zero attached hydrogens (tertiary/aromatic N) is 1. The van der Waals surface area contributed by atoms with Crippen LogP contribution >= 0.6 is 0 Å². The van der Waals surface area contributed by atoms with Crippen LogP contribution in [-0.2, 0) is 14.3 Å². The molecular formula is C13H23NO4. The fourth-order valence-electron chi connectivity index (χ4n) is 2.52. The highest BCUT2D eigenvalue weighted by atomic mass is 16.5. The number of rotatable bonds is 4. The number of carboxylic acids is 1. The molecule has 1 heterocycles. The molecule has 0 aromatic heterocycles. The third-order valence-corrected chi connectivity index (χ3v) is 3.13. The van der Waals surface area contributed by atoms with E-state index in [0.29, 0.717) is 19.1 Å². The summed E-state index contributed by atoms with van der Waals surface area (Å²) in [6, 6.07) is 0. The van der Waals surface area contributed by atoms with E-state index < -0.39 is 17.5 Å². The van der Waals surface area contributed by atoms with Gasteiger partial charge in [-0.1, -0.05) is 27.7 Å². The average molecular weight is 257 g/mol. The molecule has 5 nitrogen and oxygen atoms in total. The van der Waals surface area contributed by atoms with Crippen LogP contribution in [0.25, 0.3) is 0 Å². The van der Waals surface area contributed by atoms with Gasteiger partial charge in [-0.2, -0.15) is 0 Å². The summed E-state index contributed by atoms with van der Waals surface area (Å²) in [5.41, 5.74) is -0.450. The van der Waals surface area contributed by atoms with Crippen LogP contribution in [0.5, 0.6) is 0 Å². The van der Waals surface area contributed by atoms with Gasteiger partial charge in [0.15, 0.2) is 6.10 Å². The van der Waals surface area contributed by atoms with Gasteiger partial charge >= 0.3 is 5.97 Å². The number of carbonyl (C=O) groups is 2. The second-order valence-corrected chi connectivity index (χ2v) is 5.93. The van der Waals surface area contributed by atoms with Crippen molar-refractivity contribution < 1.29 is 19.4 Å². The molecule has 1 fully saturated rings. The lowest BCUT2D eigenvalue weighted by Gasteiger charge is -2.37. The second kappa shape index (κ2) is 5.69. The van der Waals surface area contributed by atoms with Gasteiger partial charge in [-0.25, -0.2) is 4.79 Å². The Bertz CT molecular complexity index is 325. The van der Waals surface area contributed by atoms with E-state index >= 15 is 0 Å². The van der Waals surface area contributed by atoms with E-state index in [9.17, 15) is 9.59 Å². The highest BCUT2D eigenvalue weighted by molar-refractivity contribution is 5.83. The molecule has 0 bridgehead atoms. The first-order valence-corrected chi connectivity index (χ1v) is 6.38. The molecule has 1 N–H and O–H groups in total. The van der Waals surface area contributed by atoms with Gasteiger partial charge in [0.1, 0.15) is 0 Å². The van der Waals surface area contributed by atoms with Gasteiger partial charge in [-0.05, 0) is 12.3 Å². The third kappa shape index (κ3) is 3.70. The van der Waals surface area contributed by atoms with Gasteiger partial charge in [-0.15, -0.1) is 0 Å². The topological polar surface area (TPSA) is 66.8 Å². The Balaban J connectivity index is 2.68. The van der Waals surface area contributed by atoms with Crippen LogP contribution < -0.4 is 0 Å². The summed E-state index contributed by atoms with van der Waals surface area (Å²) in [5, 5.41) is 8.92. The molecule has 18 heavy (non-hydrogen) atoms. The molecule has 1 aliphatic rings. The number of ether oxygens (including phenoxy) is 1. The molecular weight excluding hydrogens is 234 g/mol. The van der Waals surface area contributed by atoms with E-state index in [1.54, 1.807) is 4.90 Å². The molecule has 1 saturated heterocycles. The summed E-state index contributed by atoms with van der Waals surface area (Å²) in [7, 11) is 0. The normalized spacial score (nSPS) is 21.2. The maximum atomic E-state index is 12.4. The van der Waals surface area contributed by atoms with Crippen LogP contribution in [0.3, 0.4) is 0 Å². The van der Waals surface area contributed by atoms with Gasteiger partial charge in [-0.3, -0.25) is 4.79 Å². The summed E-state index contributed by atoms with van der Waals surface area (Å²) in [6.45, 7) is 8.91. The maximum Gasteiger partial charge on any atom is 0.334 e. The lowest BCUT2D eigenvalue weighted by Crippen LogP contribution is -2.52. The number of carbonyl (C=O) groups excluding carboxylic acids is 1. The predicted molar refractivity (Wildman–Crippen MR) is 67.2 cm³/mol. The van der Waals surface area contributed by atoms with Gasteiger partial charge in [0.2, 0.25) is 5.91 Å². The van der Waals surface area contributed by atoms with Gasteiger partial charge in [0.25, 0.3) is 0 Å². The largest absolute Gasteiger partial charge is 0.479 e. The highest BCUT2D eigenvalue weighted by Gasteiger charge is 2.36. The third-order valence-electron chi connectivity index (χ3n) is 3.13. The minimum atomic E-state index is -1.01. The molecule has 0 saturated carbocycles. The standard InChI is InChI=1S/C13H23NO4/c1-9(2)7-13(3,4)12(17)14-5-6-18-10(8-14)11(15)16/h9-10H,5-8H2,1-4H3,(H,15,16)/t10-/m1/s1. The molecule has 104 valence electrons. The first kappa shape index (κ1) is 15.0. The fraction of sp³-hybridized carbons (Fsp3) is 0.846. The monoisotopic (exact) mass is 257 g/mol. The van der Waals surface area contributed by atoms with Crippen molar-refractivity contribution in [1.82, 2.24) is 4.90 Å². The lowest BCUT2D eigenvalue weighted by molar-refractivity contribution is -0.162. The number of hydrogen-bond acceptors (Lipinski definition) is 3. The Morgan fingerprint density at radius 2 is 2.06 bits per heavy atom. The molecule has 5 heteroatoms. The van der Waals surface area contributed by atoms with Crippen LogP contribution in [0.4, 0.5) is 0 Å². The van der Waals surface area contributed by atoms with Gasteiger partial charge in [0.05, 0.1) is 13.2 Å². The fourth-order valence-corrected chi connectivity index (χ4v) is 2.52. The molecule has 0 spiro atoms. The Morgan fingerprint density at radius 1 is 1.44 bits per heavy atom. The van der Waals surface area contributed by atoms with Crippen molar-refractivity contribution in [2.24, 2.45) is 11.3 Å². The van der Waals surface area contributed by atoms with Crippen LogP contribution in [0, 0.1) is 11.3 Å². The molecule has 0 aromatic carbocycles. The zero-order valence-electron chi connectivity index (χ0n) is 11.6. The van der Waals surface area contributed by atoms with E-state index in [-0.39, 0.29) is 12.5 Å². The number of carboxylic acid groups (broad SMARTS) is 1. The van der Waals surface area contributed by atoms with Gasteiger partial charge < -0.3 is 14.7 Å². The minimum Gasteiger partial charge on any atom is -0.479 e. The van der Waals surface area contributed by atoms with Crippen LogP contribution in [0.15, 0.2) is 0 Å². The molecule has 0 aromatic rings. The SMILES string of the molecule is CC(C)CC(C)(C)C(=O)N1CCO[C@@H](C(=O)O)C1. The summed E-state index contributed by atoms with van der Waals surface area (Å²) in [4.78, 5) is 24.9. The zero-order valence-corrected chi connectivity index (χ0v) is 11.6. The molecule has 1 atom stereocenters. The molecule has 0 aliphatic carbocycles. The summed E-state index contributed by atoms with van der Waals surface area (Å²) < 4.78 is 5.12. The van der Waals surface area contributed by atoms with E-state index in [1.165, 1.54) is 0 Å². The van der Waals surface area contributed by atoms with Crippen molar-refractivity contribution >= 4 is 11.9 Å². The number of aliphatic carboxylic acids is 1. The zero-order chi connectivity index (χ0) is 13.9. The van der Waals surface area contributed by atoms with Gasteiger partial charge in [0, 0.05) is 12.0 Å². The van der Waals surface area contributed by atoms with Crippen LogP contribution in [0.2, 0.25) is 0 Å². The van der Waals surface area contributed by atoms with Crippen molar-refractivity contribution in [3.05, 3.63) is 0 Å². The number of amides is 1. The van der Waals surface area contributed by atoms with E-state index in [0.717, 1.165) is 6.42 Å². The van der Waals surface area contributed by atoms with Crippen molar-refractivity contribution in [3.8, 4) is 0 Å². The van der Waals surface area contributed by atoms with Crippen molar-refractivity contribution in [3.63, 3.8) is 0 Å².